The van der Waals surface area contributed by atoms with Gasteiger partial charge in [-0.05, 0) is 69.2 Å². The summed E-state index contributed by atoms with van der Waals surface area (Å²) >= 11 is 12.6. The third kappa shape index (κ3) is 3.68. The fourth-order valence-corrected chi connectivity index (χ4v) is 4.93. The van der Waals surface area contributed by atoms with Crippen LogP contribution >= 0.6 is 23.2 Å². The van der Waals surface area contributed by atoms with Crippen LogP contribution in [0.1, 0.15) is 24.1 Å². The van der Waals surface area contributed by atoms with Crippen molar-refractivity contribution in [2.45, 2.75) is 25.8 Å². The summed E-state index contributed by atoms with van der Waals surface area (Å²) in [6.07, 6.45) is 3.07. The van der Waals surface area contributed by atoms with Crippen LogP contribution in [-0.2, 0) is 13.0 Å². The number of benzene rings is 2. The van der Waals surface area contributed by atoms with Gasteiger partial charge < -0.3 is 10.2 Å². The summed E-state index contributed by atoms with van der Waals surface area (Å²) in [6, 6.07) is 16.3. The smallest absolute Gasteiger partial charge is 0.108 e. The second-order valence-corrected chi connectivity index (χ2v) is 9.28. The number of aliphatic imine (C=N–C) groups is 1. The standard InChI is InChI=1S/C24H24Cl2N4/c1-30-10-8-24(9-11-30)14-17-12-19(25)20(26)13-22(17)29-23(24)27-15-18-7-6-16-4-2-3-5-21(16)28-18/h2-7,12-13H,8-11,14-15H2,1H3,(H,27,29). The first-order valence-corrected chi connectivity index (χ1v) is 11.1. The fourth-order valence-electron chi connectivity index (χ4n) is 4.58. The molecule has 2 aromatic carbocycles. The maximum atomic E-state index is 6.31. The summed E-state index contributed by atoms with van der Waals surface area (Å²) < 4.78 is 0. The molecule has 3 heterocycles. The lowest BCUT2D eigenvalue weighted by atomic mass is 9.70. The van der Waals surface area contributed by atoms with Gasteiger partial charge in [0.25, 0.3) is 0 Å². The number of hydrogen-bond acceptors (Lipinski definition) is 3. The average molecular weight is 439 g/mol. The van der Waals surface area contributed by atoms with Gasteiger partial charge in [0.2, 0.25) is 0 Å². The highest BCUT2D eigenvalue weighted by Gasteiger charge is 2.42. The molecule has 0 bridgehead atoms. The van der Waals surface area contributed by atoms with Crippen molar-refractivity contribution in [3.8, 4) is 0 Å². The summed E-state index contributed by atoms with van der Waals surface area (Å²) in [4.78, 5) is 12.2. The quantitative estimate of drug-likeness (QED) is 0.547. The van der Waals surface area contributed by atoms with Crippen LogP contribution in [0.2, 0.25) is 10.0 Å². The molecule has 0 aliphatic carbocycles. The second kappa shape index (κ2) is 7.84. The monoisotopic (exact) mass is 438 g/mol. The molecule has 154 valence electrons. The van der Waals surface area contributed by atoms with E-state index in [0.29, 0.717) is 16.6 Å². The number of nitrogens with zero attached hydrogens (tertiary/aromatic N) is 3. The molecule has 1 saturated heterocycles. The van der Waals surface area contributed by atoms with Gasteiger partial charge in [-0.1, -0.05) is 47.5 Å². The van der Waals surface area contributed by atoms with Crippen molar-refractivity contribution in [2.75, 3.05) is 25.5 Å². The molecule has 6 heteroatoms. The Morgan fingerprint density at radius 3 is 2.67 bits per heavy atom. The predicted molar refractivity (Wildman–Crippen MR) is 126 cm³/mol. The number of halogens is 2. The van der Waals surface area contributed by atoms with E-state index in [4.69, 9.17) is 33.2 Å². The Morgan fingerprint density at radius 2 is 1.83 bits per heavy atom. The number of amidine groups is 1. The molecule has 0 radical (unpaired) electrons. The summed E-state index contributed by atoms with van der Waals surface area (Å²) in [7, 11) is 2.18. The first kappa shape index (κ1) is 19.8. The molecule has 0 atom stereocenters. The number of pyridine rings is 1. The lowest BCUT2D eigenvalue weighted by molar-refractivity contribution is 0.178. The molecule has 1 N–H and O–H groups in total. The van der Waals surface area contributed by atoms with Gasteiger partial charge in [0.15, 0.2) is 0 Å². The minimum atomic E-state index is 0.00746. The van der Waals surface area contributed by atoms with Crippen LogP contribution in [0.5, 0.6) is 0 Å². The molecule has 1 spiro atoms. The Morgan fingerprint density at radius 1 is 1.07 bits per heavy atom. The van der Waals surface area contributed by atoms with E-state index in [0.717, 1.165) is 60.5 Å². The Kier molecular flexibility index (Phi) is 5.18. The SMILES string of the molecule is CN1CCC2(CC1)Cc1cc(Cl)c(Cl)cc1NC2=NCc1ccc2ccccc2n1. The van der Waals surface area contributed by atoms with Crippen molar-refractivity contribution in [3.05, 3.63) is 69.8 Å². The zero-order chi connectivity index (χ0) is 20.7. The second-order valence-electron chi connectivity index (χ2n) is 8.47. The molecule has 5 rings (SSSR count). The highest BCUT2D eigenvalue weighted by atomic mass is 35.5. The van der Waals surface area contributed by atoms with Crippen molar-refractivity contribution >= 4 is 45.6 Å². The number of para-hydroxylation sites is 1. The number of anilines is 1. The van der Waals surface area contributed by atoms with Crippen LogP contribution in [0.25, 0.3) is 10.9 Å². The number of nitrogens with one attached hydrogen (secondary N) is 1. The normalized spacial score (nSPS) is 19.8. The maximum Gasteiger partial charge on any atom is 0.108 e. The van der Waals surface area contributed by atoms with Crippen molar-refractivity contribution in [3.63, 3.8) is 0 Å². The highest BCUT2D eigenvalue weighted by molar-refractivity contribution is 6.42. The van der Waals surface area contributed by atoms with Gasteiger partial charge in [0.05, 0.1) is 27.8 Å². The van der Waals surface area contributed by atoms with Gasteiger partial charge in [-0.2, -0.15) is 0 Å². The number of hydrogen-bond donors (Lipinski definition) is 1. The van der Waals surface area contributed by atoms with Crippen molar-refractivity contribution in [1.82, 2.24) is 9.88 Å². The number of aromatic nitrogens is 1. The largest absolute Gasteiger partial charge is 0.343 e. The topological polar surface area (TPSA) is 40.5 Å². The minimum Gasteiger partial charge on any atom is -0.343 e. The average Bonchev–Trinajstić information content (AvgIpc) is 2.75. The fraction of sp³-hybridized carbons (Fsp3) is 0.333. The van der Waals surface area contributed by atoms with E-state index >= 15 is 0 Å². The lowest BCUT2D eigenvalue weighted by Gasteiger charge is -2.45. The van der Waals surface area contributed by atoms with Crippen LogP contribution in [0, 0.1) is 5.41 Å². The van der Waals surface area contributed by atoms with Crippen LogP contribution in [-0.4, -0.2) is 35.9 Å². The third-order valence-electron chi connectivity index (χ3n) is 6.43. The summed E-state index contributed by atoms with van der Waals surface area (Å²) in [6.45, 7) is 2.68. The van der Waals surface area contributed by atoms with Crippen LogP contribution < -0.4 is 5.32 Å². The zero-order valence-electron chi connectivity index (χ0n) is 17.0. The van der Waals surface area contributed by atoms with Crippen LogP contribution in [0.15, 0.2) is 53.5 Å². The van der Waals surface area contributed by atoms with E-state index in [-0.39, 0.29) is 5.41 Å². The number of piperidine rings is 1. The lowest BCUT2D eigenvalue weighted by Crippen LogP contribution is -2.49. The van der Waals surface area contributed by atoms with Gasteiger partial charge in [-0.25, -0.2) is 0 Å². The number of likely N-dealkylation sites (tertiary alicyclic amines) is 1. The molecule has 2 aliphatic heterocycles. The van der Waals surface area contributed by atoms with E-state index in [1.54, 1.807) is 0 Å². The predicted octanol–water partition coefficient (Wildman–Crippen LogP) is 5.82. The minimum absolute atomic E-state index is 0.00746. The summed E-state index contributed by atoms with van der Waals surface area (Å²) in [5.74, 6) is 1.05. The van der Waals surface area contributed by atoms with Crippen molar-refractivity contribution in [1.29, 1.82) is 0 Å². The molecule has 0 unspecified atom stereocenters. The molecule has 1 fully saturated rings. The van der Waals surface area contributed by atoms with Gasteiger partial charge >= 0.3 is 0 Å². The van der Waals surface area contributed by atoms with Gasteiger partial charge in [0, 0.05) is 16.5 Å². The Labute approximate surface area is 186 Å². The molecule has 4 nitrogen and oxygen atoms in total. The Hall–Kier alpha value is -2.14. The van der Waals surface area contributed by atoms with E-state index in [9.17, 15) is 0 Å². The molecular formula is C24H24Cl2N4. The molecule has 30 heavy (non-hydrogen) atoms. The maximum absolute atomic E-state index is 6.31. The Balaban J connectivity index is 1.50. The molecule has 0 saturated carbocycles. The molecule has 2 aliphatic rings. The van der Waals surface area contributed by atoms with Gasteiger partial charge in [-0.3, -0.25) is 9.98 Å². The van der Waals surface area contributed by atoms with E-state index in [1.807, 2.05) is 30.3 Å². The van der Waals surface area contributed by atoms with E-state index < -0.39 is 0 Å². The van der Waals surface area contributed by atoms with Crippen molar-refractivity contribution < 1.29 is 0 Å². The zero-order valence-corrected chi connectivity index (χ0v) is 18.5. The molecular weight excluding hydrogens is 415 g/mol. The Bertz CT molecular complexity index is 1130. The van der Waals surface area contributed by atoms with Crippen LogP contribution in [0.4, 0.5) is 5.69 Å². The van der Waals surface area contributed by atoms with E-state index in [2.05, 4.69) is 35.5 Å². The number of rotatable bonds is 2. The highest BCUT2D eigenvalue weighted by Crippen LogP contribution is 2.44. The number of fused-ring (bicyclic) bond motifs is 2. The molecule has 3 aromatic rings. The van der Waals surface area contributed by atoms with Crippen LogP contribution in [0.3, 0.4) is 0 Å². The van der Waals surface area contributed by atoms with Gasteiger partial charge in [-0.15, -0.1) is 0 Å². The molecule has 1 aromatic heterocycles. The molecule has 0 amide bonds. The van der Waals surface area contributed by atoms with Gasteiger partial charge in [0.1, 0.15) is 5.84 Å². The first-order chi connectivity index (χ1) is 14.5. The van der Waals surface area contributed by atoms with E-state index in [1.165, 1.54) is 5.56 Å². The third-order valence-corrected chi connectivity index (χ3v) is 7.15. The first-order valence-electron chi connectivity index (χ1n) is 10.4. The summed E-state index contributed by atoms with van der Waals surface area (Å²) in [5, 5.41) is 5.94. The van der Waals surface area contributed by atoms with Crippen molar-refractivity contribution in [2.24, 2.45) is 10.4 Å². The summed E-state index contributed by atoms with van der Waals surface area (Å²) in [5.41, 5.74) is 4.22.